The monoisotopic (exact) mass is 416 g/mol. The van der Waals surface area contributed by atoms with Crippen LogP contribution in [0.15, 0.2) is 65.3 Å². The lowest BCUT2D eigenvalue weighted by molar-refractivity contribution is 0.0963. The Bertz CT molecular complexity index is 1110. The zero-order valence-electron chi connectivity index (χ0n) is 14.8. The van der Waals surface area contributed by atoms with Gasteiger partial charge in [0.15, 0.2) is 5.76 Å². The molecule has 1 aromatic heterocycles. The van der Waals surface area contributed by atoms with Crippen LogP contribution in [0.4, 0.5) is 11.4 Å². The summed E-state index contributed by atoms with van der Waals surface area (Å²) in [5, 5.41) is 0.557. The van der Waals surface area contributed by atoms with Gasteiger partial charge in [-0.1, -0.05) is 23.7 Å². The van der Waals surface area contributed by atoms with Crippen LogP contribution in [0.5, 0.6) is 0 Å². The first-order valence-corrected chi connectivity index (χ1v) is 10.7. The maximum Gasteiger partial charge on any atom is 0.293 e. The number of fused-ring (bicyclic) bond motifs is 1. The highest BCUT2D eigenvalue weighted by Crippen LogP contribution is 2.32. The number of furan rings is 1. The van der Waals surface area contributed by atoms with E-state index < -0.39 is 10.0 Å². The van der Waals surface area contributed by atoms with Crippen molar-refractivity contribution in [1.29, 1.82) is 0 Å². The highest BCUT2D eigenvalue weighted by Gasteiger charge is 2.27. The molecule has 28 heavy (non-hydrogen) atoms. The Labute approximate surface area is 167 Å². The molecule has 0 saturated carbocycles. The van der Waals surface area contributed by atoms with Crippen LogP contribution in [-0.4, -0.2) is 20.9 Å². The largest absolute Gasteiger partial charge is 0.459 e. The maximum atomic E-state index is 12.5. The average molecular weight is 417 g/mol. The molecule has 0 radical (unpaired) electrons. The quantitative estimate of drug-likeness (QED) is 0.679. The minimum Gasteiger partial charge on any atom is -0.459 e. The summed E-state index contributed by atoms with van der Waals surface area (Å²) in [7, 11) is -3.57. The maximum absolute atomic E-state index is 12.5. The number of halogens is 1. The Morgan fingerprint density at radius 1 is 1.14 bits per heavy atom. The Morgan fingerprint density at radius 3 is 2.64 bits per heavy atom. The van der Waals surface area contributed by atoms with Crippen LogP contribution in [-0.2, 0) is 22.2 Å². The third-order valence-corrected chi connectivity index (χ3v) is 6.01. The summed E-state index contributed by atoms with van der Waals surface area (Å²) in [4.78, 5) is 14.2. The van der Waals surface area contributed by atoms with Crippen LogP contribution in [0, 0.1) is 0 Å². The topological polar surface area (TPSA) is 79.6 Å². The van der Waals surface area contributed by atoms with Gasteiger partial charge in [-0.2, -0.15) is 0 Å². The lowest BCUT2D eigenvalue weighted by atomic mass is 10.1. The molecule has 2 aromatic carbocycles. The van der Waals surface area contributed by atoms with Gasteiger partial charge >= 0.3 is 0 Å². The molecule has 0 aliphatic carbocycles. The number of anilines is 2. The number of sulfonamides is 1. The van der Waals surface area contributed by atoms with Crippen molar-refractivity contribution >= 4 is 38.9 Å². The van der Waals surface area contributed by atoms with Crippen molar-refractivity contribution in [3.8, 4) is 0 Å². The summed E-state index contributed by atoms with van der Waals surface area (Å²) in [6, 6.07) is 15.2. The van der Waals surface area contributed by atoms with Crippen LogP contribution in [0.2, 0.25) is 5.02 Å². The van der Waals surface area contributed by atoms with Gasteiger partial charge in [-0.05, 0) is 60.0 Å². The van der Waals surface area contributed by atoms with E-state index in [-0.39, 0.29) is 17.4 Å². The fourth-order valence-corrected chi connectivity index (χ4v) is 4.54. The van der Waals surface area contributed by atoms with E-state index in [0.29, 0.717) is 29.2 Å². The van der Waals surface area contributed by atoms with Crippen LogP contribution >= 0.6 is 11.6 Å². The van der Waals surface area contributed by atoms with Gasteiger partial charge in [0, 0.05) is 22.9 Å². The number of nitrogens with zero attached hydrogens (tertiary/aromatic N) is 1. The van der Waals surface area contributed by atoms with Crippen molar-refractivity contribution in [2.24, 2.45) is 0 Å². The molecule has 8 heteroatoms. The van der Waals surface area contributed by atoms with Crippen molar-refractivity contribution in [2.45, 2.75) is 12.2 Å². The number of carbonyl (C=O) groups excluding carboxylic acids is 1. The minimum atomic E-state index is -3.57. The smallest absolute Gasteiger partial charge is 0.293 e. The summed E-state index contributed by atoms with van der Waals surface area (Å²) in [6.45, 7) is 0.524. The van der Waals surface area contributed by atoms with E-state index in [1.54, 1.807) is 59.5 Å². The molecule has 3 aromatic rings. The summed E-state index contributed by atoms with van der Waals surface area (Å²) in [5.74, 6) is -0.0786. The number of hydrogen-bond donors (Lipinski definition) is 1. The molecule has 4 rings (SSSR count). The molecule has 2 heterocycles. The van der Waals surface area contributed by atoms with Gasteiger partial charge in [0.05, 0.1) is 12.0 Å². The number of amides is 1. The van der Waals surface area contributed by atoms with Gasteiger partial charge in [-0.25, -0.2) is 8.42 Å². The molecule has 1 amide bonds. The van der Waals surface area contributed by atoms with E-state index in [4.69, 9.17) is 16.0 Å². The fraction of sp³-hybridized carbons (Fsp3) is 0.150. The van der Waals surface area contributed by atoms with Crippen molar-refractivity contribution in [3.05, 3.63) is 82.8 Å². The number of rotatable bonds is 5. The van der Waals surface area contributed by atoms with Gasteiger partial charge in [-0.3, -0.25) is 9.52 Å². The van der Waals surface area contributed by atoms with Gasteiger partial charge in [0.1, 0.15) is 0 Å². The molecule has 6 nitrogen and oxygen atoms in total. The van der Waals surface area contributed by atoms with Crippen LogP contribution < -0.4 is 9.62 Å². The number of carbonyl (C=O) groups is 1. The summed E-state index contributed by atoms with van der Waals surface area (Å²) in [5.41, 5.74) is 2.79. The second-order valence-corrected chi connectivity index (χ2v) is 8.67. The zero-order chi connectivity index (χ0) is 19.7. The average Bonchev–Trinajstić information content (AvgIpc) is 3.32. The SMILES string of the molecule is O=C(c1ccco1)N1CCc2cc(NS(=O)(=O)Cc3ccc(Cl)cc3)ccc21. The first-order chi connectivity index (χ1) is 13.4. The Balaban J connectivity index is 1.50. The normalized spacial score (nSPS) is 13.4. The fourth-order valence-electron chi connectivity index (χ4n) is 3.23. The van der Waals surface area contributed by atoms with E-state index in [9.17, 15) is 13.2 Å². The van der Waals surface area contributed by atoms with E-state index in [2.05, 4.69) is 4.72 Å². The molecule has 0 fully saturated rings. The lowest BCUT2D eigenvalue weighted by Crippen LogP contribution is -2.28. The van der Waals surface area contributed by atoms with Crippen molar-refractivity contribution in [1.82, 2.24) is 0 Å². The second-order valence-electron chi connectivity index (χ2n) is 6.52. The first-order valence-electron chi connectivity index (χ1n) is 8.64. The van der Waals surface area contributed by atoms with E-state index >= 15 is 0 Å². The molecule has 1 aliphatic rings. The Hall–Kier alpha value is -2.77. The van der Waals surface area contributed by atoms with Crippen molar-refractivity contribution < 1.29 is 17.6 Å². The van der Waals surface area contributed by atoms with E-state index in [1.807, 2.05) is 0 Å². The van der Waals surface area contributed by atoms with Crippen LogP contribution in [0.25, 0.3) is 0 Å². The van der Waals surface area contributed by atoms with Crippen molar-refractivity contribution in [2.75, 3.05) is 16.2 Å². The summed E-state index contributed by atoms with van der Waals surface area (Å²) < 4.78 is 32.7. The molecule has 0 spiro atoms. The van der Waals surface area contributed by atoms with Crippen molar-refractivity contribution in [3.63, 3.8) is 0 Å². The van der Waals surface area contributed by atoms with Crippen LogP contribution in [0.1, 0.15) is 21.7 Å². The van der Waals surface area contributed by atoms with Gasteiger partial charge in [0.25, 0.3) is 5.91 Å². The Morgan fingerprint density at radius 2 is 1.93 bits per heavy atom. The highest BCUT2D eigenvalue weighted by molar-refractivity contribution is 7.91. The van der Waals surface area contributed by atoms with E-state index in [1.165, 1.54) is 6.26 Å². The number of nitrogens with one attached hydrogen (secondary N) is 1. The molecule has 0 atom stereocenters. The molecule has 0 bridgehead atoms. The molecule has 0 unspecified atom stereocenters. The Kier molecular flexibility index (Phi) is 4.87. The summed E-state index contributed by atoms with van der Waals surface area (Å²) in [6.07, 6.45) is 2.11. The summed E-state index contributed by atoms with van der Waals surface area (Å²) >= 11 is 5.83. The van der Waals surface area contributed by atoms with Gasteiger partial charge < -0.3 is 9.32 Å². The molecule has 1 aliphatic heterocycles. The predicted molar refractivity (Wildman–Crippen MR) is 108 cm³/mol. The molecule has 144 valence electrons. The van der Waals surface area contributed by atoms with Crippen LogP contribution in [0.3, 0.4) is 0 Å². The molecular formula is C20H17ClN2O4S. The molecular weight excluding hydrogens is 400 g/mol. The number of hydrogen-bond acceptors (Lipinski definition) is 4. The highest BCUT2D eigenvalue weighted by atomic mass is 35.5. The predicted octanol–water partition coefficient (Wildman–Crippen LogP) is 4.08. The number of benzene rings is 2. The molecule has 0 saturated heterocycles. The standard InChI is InChI=1S/C20H17ClN2O4S/c21-16-5-3-14(4-6-16)13-28(25,26)22-17-7-8-18-15(12-17)9-10-23(18)20(24)19-2-1-11-27-19/h1-8,11-12,22H,9-10,13H2. The minimum absolute atomic E-state index is 0.148. The third kappa shape index (κ3) is 3.90. The van der Waals surface area contributed by atoms with E-state index in [0.717, 1.165) is 11.3 Å². The first kappa shape index (κ1) is 18.6. The van der Waals surface area contributed by atoms with Gasteiger partial charge in [-0.15, -0.1) is 0 Å². The lowest BCUT2D eigenvalue weighted by Gasteiger charge is -2.16. The third-order valence-electron chi connectivity index (χ3n) is 4.50. The zero-order valence-corrected chi connectivity index (χ0v) is 16.3. The van der Waals surface area contributed by atoms with Gasteiger partial charge in [0.2, 0.25) is 10.0 Å². The second kappa shape index (κ2) is 7.33. The molecule has 1 N–H and O–H groups in total.